The highest BCUT2D eigenvalue weighted by atomic mass is 15.1. The van der Waals surface area contributed by atoms with E-state index in [0.29, 0.717) is 0 Å². The van der Waals surface area contributed by atoms with Gasteiger partial charge in [-0.15, -0.1) is 0 Å². The summed E-state index contributed by atoms with van der Waals surface area (Å²) in [6.07, 6.45) is 6.69. The van der Waals surface area contributed by atoms with Crippen LogP contribution in [-0.2, 0) is 0 Å². The number of nitrogens with zero attached hydrogens (tertiary/aromatic N) is 1. The van der Waals surface area contributed by atoms with E-state index in [2.05, 4.69) is 24.2 Å². The van der Waals surface area contributed by atoms with E-state index in [-0.39, 0.29) is 0 Å². The molecule has 1 unspecified atom stereocenters. The molecule has 1 aliphatic heterocycles. The molecule has 1 aliphatic rings. The molecule has 78 valence electrons. The molecule has 1 N–H and O–H groups in total. The number of hydrogen-bond acceptors (Lipinski definition) is 2. The fourth-order valence-electron chi connectivity index (χ4n) is 1.93. The first kappa shape index (κ1) is 11.0. The van der Waals surface area contributed by atoms with Gasteiger partial charge in [0.25, 0.3) is 0 Å². The molecule has 0 aromatic heterocycles. The summed E-state index contributed by atoms with van der Waals surface area (Å²) in [5, 5.41) is 3.66. The molecular weight excluding hydrogens is 160 g/mol. The molecule has 0 aliphatic carbocycles. The predicted octanol–water partition coefficient (Wildman–Crippen LogP) is 1.86. The molecule has 1 fully saturated rings. The normalized spacial score (nSPS) is 25.8. The molecule has 0 amide bonds. The smallest absolute Gasteiger partial charge is 0.00797 e. The third kappa shape index (κ3) is 4.63. The second-order valence-corrected chi connectivity index (χ2v) is 4.24. The number of hydrogen-bond donors (Lipinski definition) is 1. The summed E-state index contributed by atoms with van der Waals surface area (Å²) in [6, 6.07) is 0.788. The monoisotopic (exact) mass is 184 g/mol. The minimum atomic E-state index is 0.788. The van der Waals surface area contributed by atoms with Gasteiger partial charge in [0.05, 0.1) is 0 Å². The molecule has 0 aromatic carbocycles. The first-order valence-corrected chi connectivity index (χ1v) is 5.75. The Labute approximate surface area is 82.7 Å². The molecule has 1 saturated heterocycles. The van der Waals surface area contributed by atoms with Gasteiger partial charge in [-0.25, -0.2) is 0 Å². The van der Waals surface area contributed by atoms with Gasteiger partial charge in [0, 0.05) is 6.04 Å². The average molecular weight is 184 g/mol. The molecule has 2 heteroatoms. The van der Waals surface area contributed by atoms with Crippen LogP contribution in [0.3, 0.4) is 0 Å². The minimum Gasteiger partial charge on any atom is -0.314 e. The first-order chi connectivity index (χ1) is 6.33. The molecule has 1 atom stereocenters. The zero-order chi connectivity index (χ0) is 9.52. The Morgan fingerprint density at radius 3 is 2.92 bits per heavy atom. The van der Waals surface area contributed by atoms with E-state index >= 15 is 0 Å². The number of unbranched alkanes of at least 4 members (excludes halogenated alkanes) is 1. The number of nitrogens with one attached hydrogen (secondary N) is 1. The highest BCUT2D eigenvalue weighted by Crippen LogP contribution is 2.09. The maximum Gasteiger partial charge on any atom is 0.00797 e. The molecule has 0 aromatic rings. The van der Waals surface area contributed by atoms with Crippen molar-refractivity contribution in [2.24, 2.45) is 0 Å². The molecule has 0 saturated carbocycles. The van der Waals surface area contributed by atoms with Crippen LogP contribution in [0.4, 0.5) is 0 Å². The molecule has 0 bridgehead atoms. The standard InChI is InChI=1S/C11H24N2/c1-3-4-8-12-11-6-5-9-13(2)10-7-11/h11-12H,3-10H2,1-2H3. The Morgan fingerprint density at radius 1 is 1.31 bits per heavy atom. The van der Waals surface area contributed by atoms with E-state index in [1.807, 2.05) is 0 Å². The molecule has 0 radical (unpaired) electrons. The van der Waals surface area contributed by atoms with Crippen molar-refractivity contribution >= 4 is 0 Å². The summed E-state index contributed by atoms with van der Waals surface area (Å²) in [7, 11) is 2.23. The van der Waals surface area contributed by atoms with Crippen molar-refractivity contribution in [1.82, 2.24) is 10.2 Å². The van der Waals surface area contributed by atoms with Crippen molar-refractivity contribution in [2.45, 2.75) is 45.1 Å². The summed E-state index contributed by atoms with van der Waals surface area (Å²) in [4.78, 5) is 2.45. The van der Waals surface area contributed by atoms with Crippen LogP contribution in [0.2, 0.25) is 0 Å². The van der Waals surface area contributed by atoms with E-state index in [1.165, 1.54) is 51.7 Å². The lowest BCUT2D eigenvalue weighted by molar-refractivity contribution is 0.343. The number of rotatable bonds is 4. The largest absolute Gasteiger partial charge is 0.314 e. The van der Waals surface area contributed by atoms with Gasteiger partial charge >= 0.3 is 0 Å². The van der Waals surface area contributed by atoms with Crippen LogP contribution in [0.1, 0.15) is 39.0 Å². The lowest BCUT2D eigenvalue weighted by Crippen LogP contribution is -2.30. The van der Waals surface area contributed by atoms with Crippen LogP contribution in [0.5, 0.6) is 0 Å². The Bertz CT molecular complexity index is 125. The second kappa shape index (κ2) is 6.39. The quantitative estimate of drug-likeness (QED) is 0.671. The van der Waals surface area contributed by atoms with Crippen molar-refractivity contribution < 1.29 is 0 Å². The van der Waals surface area contributed by atoms with E-state index in [9.17, 15) is 0 Å². The van der Waals surface area contributed by atoms with Crippen LogP contribution in [0.25, 0.3) is 0 Å². The predicted molar refractivity (Wildman–Crippen MR) is 58.0 cm³/mol. The van der Waals surface area contributed by atoms with Crippen molar-refractivity contribution in [3.8, 4) is 0 Å². The van der Waals surface area contributed by atoms with Gasteiger partial charge in [-0.3, -0.25) is 0 Å². The van der Waals surface area contributed by atoms with Crippen molar-refractivity contribution in [3.63, 3.8) is 0 Å². The second-order valence-electron chi connectivity index (χ2n) is 4.24. The van der Waals surface area contributed by atoms with Crippen molar-refractivity contribution in [2.75, 3.05) is 26.7 Å². The van der Waals surface area contributed by atoms with Crippen molar-refractivity contribution in [3.05, 3.63) is 0 Å². The molecule has 0 spiro atoms. The molecule has 1 rings (SSSR count). The van der Waals surface area contributed by atoms with Gasteiger partial charge in [0.1, 0.15) is 0 Å². The van der Waals surface area contributed by atoms with Crippen LogP contribution < -0.4 is 5.32 Å². The fourth-order valence-corrected chi connectivity index (χ4v) is 1.93. The highest BCUT2D eigenvalue weighted by Gasteiger charge is 2.13. The third-order valence-corrected chi connectivity index (χ3v) is 2.92. The summed E-state index contributed by atoms with van der Waals surface area (Å²) < 4.78 is 0. The zero-order valence-corrected chi connectivity index (χ0v) is 9.18. The lowest BCUT2D eigenvalue weighted by atomic mass is 10.1. The lowest BCUT2D eigenvalue weighted by Gasteiger charge is -2.16. The van der Waals surface area contributed by atoms with E-state index in [0.717, 1.165) is 6.04 Å². The molecule has 13 heavy (non-hydrogen) atoms. The third-order valence-electron chi connectivity index (χ3n) is 2.92. The maximum absolute atomic E-state index is 3.66. The van der Waals surface area contributed by atoms with Crippen LogP contribution in [0.15, 0.2) is 0 Å². The topological polar surface area (TPSA) is 15.3 Å². The van der Waals surface area contributed by atoms with E-state index < -0.39 is 0 Å². The van der Waals surface area contributed by atoms with Crippen LogP contribution in [-0.4, -0.2) is 37.6 Å². The van der Waals surface area contributed by atoms with Crippen LogP contribution >= 0.6 is 0 Å². The van der Waals surface area contributed by atoms with Gasteiger partial charge in [-0.05, 0) is 52.4 Å². The summed E-state index contributed by atoms with van der Waals surface area (Å²) >= 11 is 0. The fraction of sp³-hybridized carbons (Fsp3) is 1.00. The van der Waals surface area contributed by atoms with Gasteiger partial charge < -0.3 is 10.2 Å². The van der Waals surface area contributed by atoms with Crippen LogP contribution in [0, 0.1) is 0 Å². The van der Waals surface area contributed by atoms with Crippen molar-refractivity contribution in [1.29, 1.82) is 0 Å². The Balaban J connectivity index is 2.11. The van der Waals surface area contributed by atoms with E-state index in [1.54, 1.807) is 0 Å². The van der Waals surface area contributed by atoms with Gasteiger partial charge in [0.15, 0.2) is 0 Å². The molecule has 2 nitrogen and oxygen atoms in total. The average Bonchev–Trinajstić information content (AvgIpc) is 2.32. The summed E-state index contributed by atoms with van der Waals surface area (Å²) in [6.45, 7) is 6.02. The summed E-state index contributed by atoms with van der Waals surface area (Å²) in [5.74, 6) is 0. The first-order valence-electron chi connectivity index (χ1n) is 5.75. The Hall–Kier alpha value is -0.0800. The molecule has 1 heterocycles. The van der Waals surface area contributed by atoms with Gasteiger partial charge in [-0.1, -0.05) is 13.3 Å². The SMILES string of the molecule is CCCCNC1CCCN(C)CC1. The van der Waals surface area contributed by atoms with Gasteiger partial charge in [-0.2, -0.15) is 0 Å². The Morgan fingerprint density at radius 2 is 2.15 bits per heavy atom. The minimum absolute atomic E-state index is 0.788. The zero-order valence-electron chi connectivity index (χ0n) is 9.18. The Kier molecular flexibility index (Phi) is 5.40. The van der Waals surface area contributed by atoms with E-state index in [4.69, 9.17) is 0 Å². The van der Waals surface area contributed by atoms with Gasteiger partial charge in [0.2, 0.25) is 0 Å². The summed E-state index contributed by atoms with van der Waals surface area (Å²) in [5.41, 5.74) is 0. The maximum atomic E-state index is 3.66. The molecular formula is C11H24N2. The number of likely N-dealkylation sites (tertiary alicyclic amines) is 1. The highest BCUT2D eigenvalue weighted by molar-refractivity contribution is 4.72.